The lowest BCUT2D eigenvalue weighted by Gasteiger charge is -2.35. The van der Waals surface area contributed by atoms with Gasteiger partial charge >= 0.3 is 0 Å². The van der Waals surface area contributed by atoms with Gasteiger partial charge in [-0.1, -0.05) is 12.1 Å². The van der Waals surface area contributed by atoms with Crippen molar-refractivity contribution in [2.75, 3.05) is 31.5 Å². The number of benzene rings is 1. The second-order valence-electron chi connectivity index (χ2n) is 6.45. The fourth-order valence-electron chi connectivity index (χ4n) is 3.23. The Morgan fingerprint density at radius 1 is 1.07 bits per heavy atom. The van der Waals surface area contributed by atoms with E-state index in [1.165, 1.54) is 18.0 Å². The first-order chi connectivity index (χ1) is 13.1. The van der Waals surface area contributed by atoms with Crippen molar-refractivity contribution in [3.63, 3.8) is 0 Å². The van der Waals surface area contributed by atoms with Crippen molar-refractivity contribution in [1.29, 1.82) is 0 Å². The molecule has 4 rings (SSSR count). The average Bonchev–Trinajstić information content (AvgIpc) is 3.23. The molecule has 2 aliphatic rings. The van der Waals surface area contributed by atoms with Gasteiger partial charge in [0.15, 0.2) is 5.76 Å². The number of anilines is 1. The van der Waals surface area contributed by atoms with Crippen LogP contribution < -0.4 is 5.32 Å². The topological polar surface area (TPSA) is 82.9 Å². The Balaban J connectivity index is 1.32. The molecule has 3 amide bonds. The lowest BCUT2D eigenvalue weighted by atomic mass is 10.2. The van der Waals surface area contributed by atoms with Gasteiger partial charge in [0.05, 0.1) is 17.2 Å². The number of carbonyl (C=O) groups excluding carboxylic acids is 3. The first kappa shape index (κ1) is 17.7. The number of piperazine rings is 1. The molecule has 1 aromatic carbocycles. The van der Waals surface area contributed by atoms with Crippen LogP contribution in [0.15, 0.2) is 52.0 Å². The number of fused-ring (bicyclic) bond motifs is 1. The number of hydrogen-bond donors (Lipinski definition) is 1. The smallest absolute Gasteiger partial charge is 0.289 e. The zero-order valence-electron chi connectivity index (χ0n) is 14.6. The lowest BCUT2D eigenvalue weighted by molar-refractivity contribution is -0.134. The minimum atomic E-state index is -0.435. The predicted octanol–water partition coefficient (Wildman–Crippen LogP) is 2.07. The zero-order chi connectivity index (χ0) is 18.8. The molecule has 0 unspecified atom stereocenters. The maximum absolute atomic E-state index is 12.6. The summed E-state index contributed by atoms with van der Waals surface area (Å²) in [5.41, 5.74) is 0.793. The summed E-state index contributed by atoms with van der Waals surface area (Å²) in [5, 5.41) is 2.43. The predicted molar refractivity (Wildman–Crippen MR) is 101 cm³/mol. The van der Waals surface area contributed by atoms with Gasteiger partial charge in [-0.05, 0) is 24.3 Å². The fourth-order valence-corrected chi connectivity index (χ4v) is 4.33. The Morgan fingerprint density at radius 3 is 2.56 bits per heavy atom. The van der Waals surface area contributed by atoms with Crippen LogP contribution in [0.4, 0.5) is 5.69 Å². The van der Waals surface area contributed by atoms with Crippen molar-refractivity contribution in [1.82, 2.24) is 9.80 Å². The van der Waals surface area contributed by atoms with Crippen molar-refractivity contribution >= 4 is 35.2 Å². The van der Waals surface area contributed by atoms with Crippen LogP contribution in [0.1, 0.15) is 17.0 Å². The number of nitrogens with one attached hydrogen (secondary N) is 1. The molecule has 1 saturated heterocycles. The van der Waals surface area contributed by atoms with Crippen LogP contribution in [-0.4, -0.2) is 59.0 Å². The van der Waals surface area contributed by atoms with Crippen LogP contribution in [0, 0.1) is 0 Å². The first-order valence-electron chi connectivity index (χ1n) is 8.79. The van der Waals surface area contributed by atoms with Crippen molar-refractivity contribution in [2.45, 2.75) is 16.6 Å². The molecule has 27 heavy (non-hydrogen) atoms. The largest absolute Gasteiger partial charge is 0.459 e. The summed E-state index contributed by atoms with van der Waals surface area (Å²) < 4.78 is 5.14. The van der Waals surface area contributed by atoms with Crippen LogP contribution >= 0.6 is 11.8 Å². The molecule has 0 spiro atoms. The van der Waals surface area contributed by atoms with E-state index in [0.717, 1.165) is 10.6 Å². The average molecular weight is 385 g/mol. The minimum absolute atomic E-state index is 0.0628. The third-order valence-electron chi connectivity index (χ3n) is 4.72. The second kappa shape index (κ2) is 7.48. The molecule has 0 radical (unpaired) electrons. The summed E-state index contributed by atoms with van der Waals surface area (Å²) in [6.07, 6.45) is 1.62. The van der Waals surface area contributed by atoms with Gasteiger partial charge < -0.3 is 19.5 Å². The quantitative estimate of drug-likeness (QED) is 0.875. The first-order valence-corrected chi connectivity index (χ1v) is 9.67. The van der Waals surface area contributed by atoms with Crippen molar-refractivity contribution in [3.05, 3.63) is 48.4 Å². The maximum Gasteiger partial charge on any atom is 0.289 e. The van der Waals surface area contributed by atoms with Crippen molar-refractivity contribution in [2.24, 2.45) is 0 Å². The van der Waals surface area contributed by atoms with E-state index in [2.05, 4.69) is 5.32 Å². The van der Waals surface area contributed by atoms with Crippen LogP contribution in [0.3, 0.4) is 0 Å². The van der Waals surface area contributed by atoms with Gasteiger partial charge in [0.2, 0.25) is 11.8 Å². The molecule has 0 bridgehead atoms. The number of carbonyl (C=O) groups is 3. The van der Waals surface area contributed by atoms with E-state index in [0.29, 0.717) is 31.9 Å². The summed E-state index contributed by atoms with van der Waals surface area (Å²) in [4.78, 5) is 41.6. The summed E-state index contributed by atoms with van der Waals surface area (Å²) in [7, 11) is 0. The molecule has 8 heteroatoms. The molecule has 0 saturated carbocycles. The molecule has 3 heterocycles. The number of furan rings is 1. The molecule has 2 aliphatic heterocycles. The lowest BCUT2D eigenvalue weighted by Crippen LogP contribution is -2.51. The molecule has 1 atom stereocenters. The van der Waals surface area contributed by atoms with E-state index >= 15 is 0 Å². The van der Waals surface area contributed by atoms with Crippen LogP contribution in [-0.2, 0) is 9.59 Å². The van der Waals surface area contributed by atoms with Crippen molar-refractivity contribution in [3.8, 4) is 0 Å². The molecular formula is C19H19N3O4S. The Kier molecular flexibility index (Phi) is 4.89. The number of amides is 3. The third-order valence-corrected chi connectivity index (χ3v) is 5.99. The molecule has 0 aliphatic carbocycles. The summed E-state index contributed by atoms with van der Waals surface area (Å²) in [5.74, 6) is -0.0551. The molecule has 7 nitrogen and oxygen atoms in total. The second-order valence-corrected chi connectivity index (χ2v) is 7.69. The highest BCUT2D eigenvalue weighted by Gasteiger charge is 2.32. The van der Waals surface area contributed by atoms with Gasteiger partial charge in [-0.25, -0.2) is 0 Å². The van der Waals surface area contributed by atoms with Crippen LogP contribution in [0.5, 0.6) is 0 Å². The standard InChI is InChI=1S/C19H19N3O4S/c23-17(12-16-18(24)20-13-4-1-2-6-15(13)27-16)21-7-9-22(10-8-21)19(25)14-5-3-11-26-14/h1-6,11,16H,7-10,12H2,(H,20,24)/t16-/m1/s1. The number of rotatable bonds is 3. The van der Waals surface area contributed by atoms with Gasteiger partial charge in [0.25, 0.3) is 5.91 Å². The molecular weight excluding hydrogens is 366 g/mol. The van der Waals surface area contributed by atoms with E-state index in [4.69, 9.17) is 4.42 Å². The summed E-state index contributed by atoms with van der Waals surface area (Å²) >= 11 is 1.42. The van der Waals surface area contributed by atoms with Gasteiger partial charge in [0, 0.05) is 37.5 Å². The van der Waals surface area contributed by atoms with E-state index < -0.39 is 5.25 Å². The number of para-hydroxylation sites is 1. The highest BCUT2D eigenvalue weighted by atomic mass is 32.2. The zero-order valence-corrected chi connectivity index (χ0v) is 15.4. The Bertz CT molecular complexity index is 860. The van der Waals surface area contributed by atoms with Crippen LogP contribution in [0.2, 0.25) is 0 Å². The minimum Gasteiger partial charge on any atom is -0.459 e. The highest BCUT2D eigenvalue weighted by Crippen LogP contribution is 2.36. The fraction of sp³-hybridized carbons (Fsp3) is 0.316. The Morgan fingerprint density at radius 2 is 1.81 bits per heavy atom. The SMILES string of the molecule is O=C1Nc2ccccc2S[C@@H]1CC(=O)N1CCN(C(=O)c2ccco2)CC1. The number of nitrogens with zero attached hydrogens (tertiary/aromatic N) is 2. The third kappa shape index (κ3) is 3.71. The van der Waals surface area contributed by atoms with Crippen LogP contribution in [0.25, 0.3) is 0 Å². The van der Waals surface area contributed by atoms with E-state index in [9.17, 15) is 14.4 Å². The molecule has 2 aromatic rings. The number of hydrogen-bond acceptors (Lipinski definition) is 5. The molecule has 1 fully saturated rings. The maximum atomic E-state index is 12.6. The summed E-state index contributed by atoms with van der Waals surface area (Å²) in [6, 6.07) is 10.9. The van der Waals surface area contributed by atoms with E-state index in [1.54, 1.807) is 21.9 Å². The van der Waals surface area contributed by atoms with E-state index in [-0.39, 0.29) is 24.1 Å². The van der Waals surface area contributed by atoms with Gasteiger partial charge in [-0.15, -0.1) is 11.8 Å². The molecule has 140 valence electrons. The normalized spacial score (nSPS) is 19.4. The van der Waals surface area contributed by atoms with E-state index in [1.807, 2.05) is 24.3 Å². The Labute approximate surface area is 160 Å². The molecule has 1 N–H and O–H groups in total. The van der Waals surface area contributed by atoms with Gasteiger partial charge in [-0.3, -0.25) is 14.4 Å². The van der Waals surface area contributed by atoms with Crippen molar-refractivity contribution < 1.29 is 18.8 Å². The van der Waals surface area contributed by atoms with Gasteiger partial charge in [0.1, 0.15) is 0 Å². The van der Waals surface area contributed by atoms with Gasteiger partial charge in [-0.2, -0.15) is 0 Å². The number of thioether (sulfide) groups is 1. The Hall–Kier alpha value is -2.74. The highest BCUT2D eigenvalue weighted by molar-refractivity contribution is 8.01. The summed E-state index contributed by atoms with van der Waals surface area (Å²) in [6.45, 7) is 1.83. The molecule has 1 aromatic heterocycles. The monoisotopic (exact) mass is 385 g/mol.